The third-order valence-electron chi connectivity index (χ3n) is 11.3. The molecule has 2 aliphatic heterocycles. The molecule has 0 spiro atoms. The van der Waals surface area contributed by atoms with Crippen LogP contribution in [0.1, 0.15) is 33.1 Å². The second-order valence-corrected chi connectivity index (χ2v) is 18.5. The van der Waals surface area contributed by atoms with Gasteiger partial charge in [0, 0.05) is 80.7 Å². The molecule has 2 aromatic heterocycles. The van der Waals surface area contributed by atoms with Crippen molar-refractivity contribution in [2.24, 2.45) is 0 Å². The zero-order chi connectivity index (χ0) is 50.2. The number of hydroxylamine groups is 2. The summed E-state index contributed by atoms with van der Waals surface area (Å²) in [6.45, 7) is 6.45. The summed E-state index contributed by atoms with van der Waals surface area (Å²) in [6, 6.07) is 23.3. The molecule has 8 rings (SSSR count). The third-order valence-corrected chi connectivity index (χ3v) is 14.3. The number of benzene rings is 4. The first kappa shape index (κ1) is 54.2. The molecule has 16 nitrogen and oxygen atoms in total. The van der Waals surface area contributed by atoms with Crippen molar-refractivity contribution in [1.29, 1.82) is 0 Å². The summed E-state index contributed by atoms with van der Waals surface area (Å²) in [5.41, 5.74) is 9.02. The number of ether oxygens (including phenoxy) is 8. The van der Waals surface area contributed by atoms with Gasteiger partial charge in [-0.05, 0) is 91.5 Å². The molecule has 2 unspecified atom stereocenters. The first-order valence-corrected chi connectivity index (χ1v) is 25.3. The van der Waals surface area contributed by atoms with E-state index in [4.69, 9.17) is 42.7 Å². The van der Waals surface area contributed by atoms with E-state index in [9.17, 15) is 9.59 Å². The Kier molecular flexibility index (Phi) is 20.8. The Morgan fingerprint density at radius 2 is 1.06 bits per heavy atom. The first-order chi connectivity index (χ1) is 34.0. The van der Waals surface area contributed by atoms with Crippen LogP contribution in [0.15, 0.2) is 98.0 Å². The summed E-state index contributed by atoms with van der Waals surface area (Å²) in [5, 5.41) is 5.39. The largest absolute Gasteiger partial charge is 0.495 e. The number of rotatable bonds is 16. The number of nitrogens with zero attached hydrogens (tertiary/aromatic N) is 5. The molecule has 20 heteroatoms. The molecule has 374 valence electrons. The number of anilines is 2. The number of likely N-dealkylation sites (N-methyl/N-ethyl adjacent to an activating group) is 1. The minimum atomic E-state index is -0.725. The summed E-state index contributed by atoms with van der Waals surface area (Å²) >= 11 is 9.76. The molecule has 0 N–H and O–H groups in total. The molecule has 2 saturated heterocycles. The second kappa shape index (κ2) is 26.9. The van der Waals surface area contributed by atoms with Crippen LogP contribution in [0.4, 0.5) is 11.4 Å². The van der Waals surface area contributed by atoms with Crippen molar-refractivity contribution in [3.8, 4) is 45.5 Å². The molecule has 6 aromatic rings. The van der Waals surface area contributed by atoms with Crippen molar-refractivity contribution in [3.05, 3.63) is 114 Å². The van der Waals surface area contributed by atoms with E-state index in [1.807, 2.05) is 83.6 Å². The molecule has 2 fully saturated rings. The number of hydrogen-bond donors (Lipinski definition) is 0. The number of hydrogen-bond acceptors (Lipinski definition) is 17. The van der Waals surface area contributed by atoms with Gasteiger partial charge < -0.3 is 47.7 Å². The summed E-state index contributed by atoms with van der Waals surface area (Å²) < 4.78 is 44.6. The number of amides is 1. The number of Topliss-reactive ketones (excluding diaryl/α,β-unsaturated/α-hetero) is 1. The highest BCUT2D eigenvalue weighted by Crippen LogP contribution is 2.40. The maximum absolute atomic E-state index is 13.2. The maximum atomic E-state index is 13.2. The minimum Gasteiger partial charge on any atom is -0.495 e. The Balaban J connectivity index is 0.000000186. The van der Waals surface area contributed by atoms with Crippen LogP contribution in [-0.4, -0.2) is 136 Å². The fourth-order valence-electron chi connectivity index (χ4n) is 7.41. The van der Waals surface area contributed by atoms with Gasteiger partial charge in [-0.3, -0.25) is 14.4 Å². The van der Waals surface area contributed by atoms with Crippen LogP contribution in [0.25, 0.3) is 22.5 Å². The van der Waals surface area contributed by atoms with Gasteiger partial charge in [0.05, 0.1) is 78.9 Å². The highest BCUT2D eigenvalue weighted by molar-refractivity contribution is 9.11. The van der Waals surface area contributed by atoms with E-state index in [0.717, 1.165) is 112 Å². The van der Waals surface area contributed by atoms with Gasteiger partial charge in [-0.1, -0.05) is 24.3 Å². The van der Waals surface area contributed by atoms with Crippen LogP contribution in [0.5, 0.6) is 23.0 Å². The van der Waals surface area contributed by atoms with Gasteiger partial charge in [0.15, 0.2) is 11.1 Å². The second-order valence-electron chi connectivity index (χ2n) is 15.3. The third kappa shape index (κ3) is 13.6. The lowest BCUT2D eigenvalue weighted by Crippen LogP contribution is -2.36. The topological polar surface area (TPSA) is 153 Å². The summed E-state index contributed by atoms with van der Waals surface area (Å²) in [4.78, 5) is 43.7. The lowest BCUT2D eigenvalue weighted by atomic mass is 10.0. The normalized spacial score (nSPS) is 14.3. The van der Waals surface area contributed by atoms with Gasteiger partial charge in [0.1, 0.15) is 38.0 Å². The Morgan fingerprint density at radius 3 is 1.44 bits per heavy atom. The van der Waals surface area contributed by atoms with E-state index in [-0.39, 0.29) is 11.7 Å². The first-order valence-electron chi connectivity index (χ1n) is 21.9. The monoisotopic (exact) mass is 1130 g/mol. The highest BCUT2D eigenvalue weighted by atomic mass is 79.9. The smallest absolute Gasteiger partial charge is 0.279 e. The van der Waals surface area contributed by atoms with Crippen molar-refractivity contribution in [3.63, 3.8) is 0 Å². The lowest BCUT2D eigenvalue weighted by molar-refractivity contribution is -0.179. The van der Waals surface area contributed by atoms with Crippen LogP contribution >= 0.6 is 54.5 Å². The van der Waals surface area contributed by atoms with Gasteiger partial charge in [-0.15, -0.1) is 22.7 Å². The van der Waals surface area contributed by atoms with Gasteiger partial charge >= 0.3 is 0 Å². The number of halogens is 2. The van der Waals surface area contributed by atoms with Crippen molar-refractivity contribution in [2.75, 3.05) is 119 Å². The average molecular weight is 1130 g/mol. The number of methoxy groups -OCH3 is 6. The Bertz CT molecular complexity index is 2540. The zero-order valence-electron chi connectivity index (χ0n) is 40.3. The maximum Gasteiger partial charge on any atom is 0.279 e. The Hall–Kier alpha value is -5.16. The molecule has 70 heavy (non-hydrogen) atoms. The van der Waals surface area contributed by atoms with E-state index in [1.54, 1.807) is 52.3 Å². The van der Waals surface area contributed by atoms with Gasteiger partial charge in [-0.25, -0.2) is 15.0 Å². The Labute approximate surface area is 433 Å². The van der Waals surface area contributed by atoms with Crippen LogP contribution in [0.3, 0.4) is 0 Å². The van der Waals surface area contributed by atoms with Crippen LogP contribution in [0.2, 0.25) is 0 Å². The molecular weight excluding hydrogens is 1070 g/mol. The molecule has 2 aliphatic rings. The standard InChI is InChI=1S/C24H25BrN2O5S.C15H22N2O4.C11H10BrNO2S/c1-29-19-12-16(13-20(30-2)21(19)25)18-14-33-24(26-18)22(28)23(31-3)15-4-6-17(7-5-15)27-8-10-32-11-9-27;1-16(20-3)15(18)14(19-2)12-4-6-13(7-5-12)17-8-10-21-11-9-17;1-14-9-3-7(8-5-16-6-13-8)4-10(15-2)11(9)12/h4-7,12-14,23H,8-11H2,1-3H3;4-7,14H,8-11H2,1-3H3;3-6H,1-2H3. The molecule has 0 bridgehead atoms. The van der Waals surface area contributed by atoms with Gasteiger partial charge in [0.2, 0.25) is 5.78 Å². The molecule has 4 aromatic carbocycles. The van der Waals surface area contributed by atoms with E-state index in [2.05, 4.69) is 51.6 Å². The molecular formula is C50H57Br2N5O11S2. The van der Waals surface area contributed by atoms with Gasteiger partial charge in [0.25, 0.3) is 5.91 Å². The molecule has 0 saturated carbocycles. The zero-order valence-corrected chi connectivity index (χ0v) is 45.1. The summed E-state index contributed by atoms with van der Waals surface area (Å²) in [5.74, 6) is 2.31. The van der Waals surface area contributed by atoms with E-state index >= 15 is 0 Å². The fourth-order valence-corrected chi connectivity index (χ4v) is 9.87. The van der Waals surface area contributed by atoms with E-state index < -0.39 is 12.2 Å². The molecule has 0 aliphatic carbocycles. The minimum absolute atomic E-state index is 0.177. The molecule has 2 atom stereocenters. The fraction of sp³-hybridized carbons (Fsp3) is 0.360. The summed E-state index contributed by atoms with van der Waals surface area (Å²) in [7, 11) is 12.5. The van der Waals surface area contributed by atoms with Crippen molar-refractivity contribution >= 4 is 77.6 Å². The van der Waals surface area contributed by atoms with E-state index in [0.29, 0.717) is 22.2 Å². The average Bonchev–Trinajstić information content (AvgIpc) is 4.15. The number of morpholine rings is 2. The number of thiazole rings is 2. The van der Waals surface area contributed by atoms with Crippen molar-refractivity contribution in [1.82, 2.24) is 15.0 Å². The predicted molar refractivity (Wildman–Crippen MR) is 279 cm³/mol. The van der Waals surface area contributed by atoms with Crippen LogP contribution in [0, 0.1) is 0 Å². The quantitative estimate of drug-likeness (QED) is 0.0667. The number of ketones is 1. The van der Waals surface area contributed by atoms with Crippen molar-refractivity contribution < 1.29 is 52.3 Å². The highest BCUT2D eigenvalue weighted by Gasteiger charge is 2.27. The van der Waals surface area contributed by atoms with E-state index in [1.165, 1.54) is 37.7 Å². The van der Waals surface area contributed by atoms with Gasteiger partial charge in [-0.2, -0.15) is 0 Å². The number of carbonyl (C=O) groups is 2. The molecule has 1 amide bonds. The number of carbonyl (C=O) groups excluding carboxylic acids is 2. The lowest BCUT2D eigenvalue weighted by Gasteiger charge is -2.29. The van der Waals surface area contributed by atoms with Crippen molar-refractivity contribution in [2.45, 2.75) is 12.2 Å². The SMILES string of the molecule is COC(C(=O)N(C)OC)c1ccc(N2CCOCC2)cc1.COc1cc(-c2csc(C(=O)C(OC)c3ccc(N4CCOCC4)cc3)n2)cc(OC)c1Br.COc1cc(-c2cscn2)cc(OC)c1Br. The van der Waals surface area contributed by atoms with Crippen LogP contribution in [-0.2, 0) is 28.6 Å². The molecule has 0 radical (unpaired) electrons. The molecule has 4 heterocycles. The predicted octanol–water partition coefficient (Wildman–Crippen LogP) is 9.82. The Morgan fingerprint density at radius 1 is 0.629 bits per heavy atom. The summed E-state index contributed by atoms with van der Waals surface area (Å²) in [6.07, 6.45) is -1.38. The van der Waals surface area contributed by atoms with Crippen LogP contribution < -0.4 is 28.7 Å². The number of aromatic nitrogens is 2.